The summed E-state index contributed by atoms with van der Waals surface area (Å²) in [6.07, 6.45) is 2.70. The first kappa shape index (κ1) is 14.1. The fourth-order valence-electron chi connectivity index (χ4n) is 2.59. The predicted molar refractivity (Wildman–Crippen MR) is 72.9 cm³/mol. The fraction of sp³-hybridized carbons (Fsp3) is 0.714. The Morgan fingerprint density at radius 3 is 2.68 bits per heavy atom. The summed E-state index contributed by atoms with van der Waals surface area (Å²) in [5.74, 6) is 1.52. The summed E-state index contributed by atoms with van der Waals surface area (Å²) in [6, 6.07) is 0. The van der Waals surface area contributed by atoms with Crippen LogP contribution in [-0.2, 0) is 11.2 Å². The number of aryl methyl sites for hydroxylation is 2. The lowest BCUT2D eigenvalue weighted by molar-refractivity contribution is -0.129. The highest BCUT2D eigenvalue weighted by Crippen LogP contribution is 2.16. The minimum Gasteiger partial charge on any atom is -0.361 e. The highest BCUT2D eigenvalue weighted by Gasteiger charge is 2.20. The first-order chi connectivity index (χ1) is 9.08. The highest BCUT2D eigenvalue weighted by molar-refractivity contribution is 5.78. The standard InChI is InChI=1S/C14H23N3O2/c1-10-13(11(2)19-16-10)8-14(18)17(3)9-12-4-6-15-7-5-12/h12,15H,4-9H2,1-3H3. The molecule has 5 nitrogen and oxygen atoms in total. The summed E-state index contributed by atoms with van der Waals surface area (Å²) < 4.78 is 5.10. The van der Waals surface area contributed by atoms with Gasteiger partial charge in [-0.2, -0.15) is 0 Å². The van der Waals surface area contributed by atoms with E-state index in [4.69, 9.17) is 4.52 Å². The number of amides is 1. The molecule has 1 amide bonds. The molecule has 1 fully saturated rings. The van der Waals surface area contributed by atoms with Crippen molar-refractivity contribution in [2.24, 2.45) is 5.92 Å². The van der Waals surface area contributed by atoms with Gasteiger partial charge >= 0.3 is 0 Å². The lowest BCUT2D eigenvalue weighted by atomic mass is 9.97. The second-order valence-electron chi connectivity index (χ2n) is 5.45. The first-order valence-corrected chi connectivity index (χ1v) is 6.94. The van der Waals surface area contributed by atoms with Crippen molar-refractivity contribution in [3.63, 3.8) is 0 Å². The number of nitrogens with zero attached hydrogens (tertiary/aromatic N) is 2. The van der Waals surface area contributed by atoms with E-state index < -0.39 is 0 Å². The monoisotopic (exact) mass is 265 g/mol. The molecule has 19 heavy (non-hydrogen) atoms. The molecule has 0 aliphatic carbocycles. The van der Waals surface area contributed by atoms with Crippen molar-refractivity contribution < 1.29 is 9.32 Å². The van der Waals surface area contributed by atoms with Crippen LogP contribution in [0.1, 0.15) is 29.9 Å². The molecule has 106 valence electrons. The SMILES string of the molecule is Cc1noc(C)c1CC(=O)N(C)CC1CCNCC1. The van der Waals surface area contributed by atoms with Crippen molar-refractivity contribution in [3.8, 4) is 0 Å². The molecule has 0 spiro atoms. The number of hydrogen-bond donors (Lipinski definition) is 1. The van der Waals surface area contributed by atoms with Crippen molar-refractivity contribution in [2.75, 3.05) is 26.7 Å². The number of carbonyl (C=O) groups is 1. The van der Waals surface area contributed by atoms with Gasteiger partial charge in [0.1, 0.15) is 5.76 Å². The number of carbonyl (C=O) groups excluding carboxylic acids is 1. The number of hydrogen-bond acceptors (Lipinski definition) is 4. The minimum atomic E-state index is 0.146. The van der Waals surface area contributed by atoms with Crippen LogP contribution in [0.15, 0.2) is 4.52 Å². The van der Waals surface area contributed by atoms with Gasteiger partial charge in [0.05, 0.1) is 12.1 Å². The average Bonchev–Trinajstić information content (AvgIpc) is 2.71. The Labute approximate surface area is 114 Å². The summed E-state index contributed by atoms with van der Waals surface area (Å²) in [7, 11) is 1.89. The van der Waals surface area contributed by atoms with Gasteiger partial charge in [-0.05, 0) is 45.7 Å². The van der Waals surface area contributed by atoms with Gasteiger partial charge in [-0.1, -0.05) is 5.16 Å². The molecular weight excluding hydrogens is 242 g/mol. The smallest absolute Gasteiger partial charge is 0.226 e. The van der Waals surface area contributed by atoms with E-state index in [1.54, 1.807) is 0 Å². The van der Waals surface area contributed by atoms with Crippen LogP contribution in [0, 0.1) is 19.8 Å². The number of piperidine rings is 1. The van der Waals surface area contributed by atoms with Gasteiger partial charge in [0.25, 0.3) is 0 Å². The Morgan fingerprint density at radius 1 is 1.42 bits per heavy atom. The van der Waals surface area contributed by atoms with Crippen LogP contribution in [0.25, 0.3) is 0 Å². The molecule has 0 radical (unpaired) electrons. The number of likely N-dealkylation sites (N-methyl/N-ethyl adjacent to an activating group) is 1. The Balaban J connectivity index is 1.88. The van der Waals surface area contributed by atoms with Gasteiger partial charge in [-0.15, -0.1) is 0 Å². The van der Waals surface area contributed by atoms with Crippen LogP contribution in [-0.4, -0.2) is 42.6 Å². The molecule has 0 bridgehead atoms. The second kappa shape index (κ2) is 6.19. The average molecular weight is 265 g/mol. The maximum Gasteiger partial charge on any atom is 0.226 e. The van der Waals surface area contributed by atoms with Crippen molar-refractivity contribution in [1.29, 1.82) is 0 Å². The summed E-state index contributed by atoms with van der Waals surface area (Å²) in [5, 5.41) is 7.23. The normalized spacial score (nSPS) is 16.6. The molecule has 1 aromatic rings. The van der Waals surface area contributed by atoms with Gasteiger partial charge in [0.2, 0.25) is 5.91 Å². The molecule has 0 atom stereocenters. The van der Waals surface area contributed by atoms with Crippen LogP contribution in [0.3, 0.4) is 0 Å². The summed E-state index contributed by atoms with van der Waals surface area (Å²) in [6.45, 7) is 6.72. The van der Waals surface area contributed by atoms with Gasteiger partial charge < -0.3 is 14.7 Å². The van der Waals surface area contributed by atoms with E-state index in [1.807, 2.05) is 25.8 Å². The van der Waals surface area contributed by atoms with E-state index in [1.165, 1.54) is 0 Å². The lowest BCUT2D eigenvalue weighted by Gasteiger charge is -2.27. The largest absolute Gasteiger partial charge is 0.361 e. The summed E-state index contributed by atoms with van der Waals surface area (Å²) in [4.78, 5) is 14.1. The lowest BCUT2D eigenvalue weighted by Crippen LogP contribution is -2.37. The van der Waals surface area contributed by atoms with Crippen molar-refractivity contribution in [2.45, 2.75) is 33.1 Å². The van der Waals surface area contributed by atoms with Crippen LogP contribution in [0.4, 0.5) is 0 Å². The third kappa shape index (κ3) is 3.56. The van der Waals surface area contributed by atoms with Gasteiger partial charge in [-0.25, -0.2) is 0 Å². The third-order valence-corrected chi connectivity index (χ3v) is 3.93. The topological polar surface area (TPSA) is 58.4 Å². The minimum absolute atomic E-state index is 0.146. The maximum absolute atomic E-state index is 12.2. The van der Waals surface area contributed by atoms with E-state index in [9.17, 15) is 4.79 Å². The Kier molecular flexibility index (Phi) is 4.58. The van der Waals surface area contributed by atoms with E-state index in [-0.39, 0.29) is 5.91 Å². The Bertz CT molecular complexity index is 416. The number of nitrogens with one attached hydrogen (secondary N) is 1. The Morgan fingerprint density at radius 2 is 2.11 bits per heavy atom. The predicted octanol–water partition coefficient (Wildman–Crippen LogP) is 1.29. The second-order valence-corrected chi connectivity index (χ2v) is 5.45. The molecule has 2 heterocycles. The first-order valence-electron chi connectivity index (χ1n) is 6.94. The fourth-order valence-corrected chi connectivity index (χ4v) is 2.59. The zero-order valence-corrected chi connectivity index (χ0v) is 12.0. The molecule has 0 saturated carbocycles. The van der Waals surface area contributed by atoms with Crippen molar-refractivity contribution in [1.82, 2.24) is 15.4 Å². The summed E-state index contributed by atoms with van der Waals surface area (Å²) in [5.41, 5.74) is 1.75. The van der Waals surface area contributed by atoms with Crippen LogP contribution in [0.5, 0.6) is 0 Å². The van der Waals surface area contributed by atoms with Crippen LogP contribution in [0.2, 0.25) is 0 Å². The molecule has 0 unspecified atom stereocenters. The van der Waals surface area contributed by atoms with Crippen LogP contribution >= 0.6 is 0 Å². The molecule has 5 heteroatoms. The third-order valence-electron chi connectivity index (χ3n) is 3.93. The van der Waals surface area contributed by atoms with E-state index in [2.05, 4.69) is 10.5 Å². The zero-order valence-electron chi connectivity index (χ0n) is 12.0. The zero-order chi connectivity index (χ0) is 13.8. The maximum atomic E-state index is 12.2. The quantitative estimate of drug-likeness (QED) is 0.891. The Hall–Kier alpha value is -1.36. The molecular formula is C14H23N3O2. The number of rotatable bonds is 4. The van der Waals surface area contributed by atoms with Crippen LogP contribution < -0.4 is 5.32 Å². The van der Waals surface area contributed by atoms with E-state index in [0.717, 1.165) is 49.5 Å². The van der Waals surface area contributed by atoms with Gasteiger partial charge in [0.15, 0.2) is 0 Å². The van der Waals surface area contributed by atoms with E-state index >= 15 is 0 Å². The molecule has 1 saturated heterocycles. The van der Waals surface area contributed by atoms with Crippen molar-refractivity contribution >= 4 is 5.91 Å². The van der Waals surface area contributed by atoms with Gasteiger partial charge in [0, 0.05) is 19.2 Å². The van der Waals surface area contributed by atoms with Crippen molar-refractivity contribution in [3.05, 3.63) is 17.0 Å². The van der Waals surface area contributed by atoms with E-state index in [0.29, 0.717) is 12.3 Å². The molecule has 1 N–H and O–H groups in total. The molecule has 1 aromatic heterocycles. The molecule has 0 aromatic carbocycles. The summed E-state index contributed by atoms with van der Waals surface area (Å²) >= 11 is 0. The molecule has 2 rings (SSSR count). The molecule has 1 aliphatic rings. The molecule has 1 aliphatic heterocycles. The highest BCUT2D eigenvalue weighted by atomic mass is 16.5. The number of aromatic nitrogens is 1. The van der Waals surface area contributed by atoms with Gasteiger partial charge in [-0.3, -0.25) is 4.79 Å².